The van der Waals surface area contributed by atoms with Gasteiger partial charge in [-0.1, -0.05) is 24.1 Å². The first-order chi connectivity index (χ1) is 16.7. The van der Waals surface area contributed by atoms with E-state index in [2.05, 4.69) is 26.2 Å². The smallest absolute Gasteiger partial charge is 0.231 e. The van der Waals surface area contributed by atoms with Crippen molar-refractivity contribution in [3.63, 3.8) is 0 Å². The summed E-state index contributed by atoms with van der Waals surface area (Å²) in [6, 6.07) is 8.38. The molecule has 2 fully saturated rings. The van der Waals surface area contributed by atoms with Gasteiger partial charge >= 0.3 is 0 Å². The summed E-state index contributed by atoms with van der Waals surface area (Å²) in [5.41, 5.74) is 2.20. The number of aromatic nitrogens is 1. The highest BCUT2D eigenvalue weighted by Crippen LogP contribution is 2.37. The molecule has 0 bridgehead atoms. The Balaban J connectivity index is 1.19. The van der Waals surface area contributed by atoms with Crippen molar-refractivity contribution in [3.05, 3.63) is 52.8 Å². The number of piperidine rings is 1. The molecule has 34 heavy (non-hydrogen) atoms. The van der Waals surface area contributed by atoms with E-state index in [1.807, 2.05) is 30.6 Å². The summed E-state index contributed by atoms with van der Waals surface area (Å²) in [6.07, 6.45) is 10.0. The number of pyridine rings is 1. The van der Waals surface area contributed by atoms with Crippen molar-refractivity contribution in [2.45, 2.75) is 57.2 Å². The van der Waals surface area contributed by atoms with Gasteiger partial charge in [0.25, 0.3) is 0 Å². The fourth-order valence-electron chi connectivity index (χ4n) is 5.35. The lowest BCUT2D eigenvalue weighted by Crippen LogP contribution is -2.44. The number of benzene rings is 1. The average Bonchev–Trinajstić information content (AvgIpc) is 3.47. The molecule has 2 atom stereocenters. The van der Waals surface area contributed by atoms with Crippen molar-refractivity contribution in [1.82, 2.24) is 20.1 Å². The summed E-state index contributed by atoms with van der Waals surface area (Å²) in [5, 5.41) is 4.18. The summed E-state index contributed by atoms with van der Waals surface area (Å²) in [4.78, 5) is 21.9. The Hall–Kier alpha value is -2.35. The van der Waals surface area contributed by atoms with Crippen molar-refractivity contribution < 1.29 is 14.3 Å². The van der Waals surface area contributed by atoms with Crippen molar-refractivity contribution in [2.24, 2.45) is 0 Å². The van der Waals surface area contributed by atoms with Gasteiger partial charge < -0.3 is 19.7 Å². The number of amides is 1. The Kier molecular flexibility index (Phi) is 7.52. The third-order valence-corrected chi connectivity index (χ3v) is 7.59. The number of rotatable bonds is 9. The van der Waals surface area contributed by atoms with Crippen LogP contribution in [0.1, 0.15) is 55.7 Å². The molecule has 1 aromatic carbocycles. The van der Waals surface area contributed by atoms with Crippen LogP contribution in [-0.4, -0.2) is 59.7 Å². The zero-order valence-corrected chi connectivity index (χ0v) is 20.3. The molecular formula is C26H33ClN4O3. The van der Waals surface area contributed by atoms with Gasteiger partial charge in [-0.15, -0.1) is 0 Å². The monoisotopic (exact) mass is 484 g/mol. The Labute approximate surface area is 206 Å². The molecule has 182 valence electrons. The Morgan fingerprint density at radius 1 is 1.18 bits per heavy atom. The number of likely N-dealkylation sites (tertiary alicyclic amines) is 2. The van der Waals surface area contributed by atoms with Gasteiger partial charge in [0.05, 0.1) is 6.04 Å². The highest BCUT2D eigenvalue weighted by atomic mass is 35.5. The molecule has 4 heterocycles. The van der Waals surface area contributed by atoms with Crippen molar-refractivity contribution >= 4 is 17.5 Å². The van der Waals surface area contributed by atoms with Crippen molar-refractivity contribution in [1.29, 1.82) is 0 Å². The molecule has 3 aliphatic heterocycles. The molecule has 7 nitrogen and oxygen atoms in total. The minimum atomic E-state index is 0.207. The number of fused-ring (bicyclic) bond motifs is 1. The van der Waals surface area contributed by atoms with Gasteiger partial charge in [-0.3, -0.25) is 14.7 Å². The number of ether oxygens (including phenoxy) is 2. The predicted molar refractivity (Wildman–Crippen MR) is 131 cm³/mol. The van der Waals surface area contributed by atoms with Crippen molar-refractivity contribution in [2.75, 3.05) is 33.0 Å². The molecule has 1 amide bonds. The summed E-state index contributed by atoms with van der Waals surface area (Å²) >= 11 is 6.41. The SMILES string of the molecule is O=C1CCC(CCNCc2cc3c(cc2Cl)OCO3)N1CC(c1cccnc1)N1CCCCC1. The van der Waals surface area contributed by atoms with Crippen LogP contribution in [0.15, 0.2) is 36.7 Å². The van der Waals surface area contributed by atoms with Gasteiger partial charge in [0.15, 0.2) is 11.5 Å². The standard InChI is InChI=1S/C26H33ClN4O3/c27-22-14-25-24(33-18-34-25)13-20(22)16-29-10-8-21-6-7-26(32)31(21)17-23(19-5-4-9-28-15-19)30-11-2-1-3-12-30/h4-5,9,13-15,21,23,29H,1-3,6-8,10-12,16-18H2. The molecule has 3 aliphatic rings. The Bertz CT molecular complexity index is 984. The highest BCUT2D eigenvalue weighted by Gasteiger charge is 2.34. The molecule has 0 radical (unpaired) electrons. The zero-order valence-electron chi connectivity index (χ0n) is 19.5. The molecule has 1 aromatic heterocycles. The molecule has 1 N–H and O–H groups in total. The van der Waals surface area contributed by atoms with Crippen LogP contribution in [0, 0.1) is 0 Å². The van der Waals surface area contributed by atoms with E-state index in [0.717, 1.165) is 50.3 Å². The highest BCUT2D eigenvalue weighted by molar-refractivity contribution is 6.31. The number of carbonyl (C=O) groups excluding carboxylic acids is 1. The maximum Gasteiger partial charge on any atom is 0.231 e. The number of nitrogens with one attached hydrogen (secondary N) is 1. The zero-order chi connectivity index (χ0) is 23.3. The van der Waals surface area contributed by atoms with Gasteiger partial charge in [0.2, 0.25) is 12.7 Å². The number of carbonyl (C=O) groups is 1. The Morgan fingerprint density at radius 2 is 2.00 bits per heavy atom. The summed E-state index contributed by atoms with van der Waals surface area (Å²) in [6.45, 7) is 4.63. The number of hydrogen-bond donors (Lipinski definition) is 1. The van der Waals surface area contributed by atoms with Gasteiger partial charge in [-0.2, -0.15) is 0 Å². The first-order valence-electron chi connectivity index (χ1n) is 12.4. The summed E-state index contributed by atoms with van der Waals surface area (Å²) in [5.74, 6) is 1.72. The Morgan fingerprint density at radius 3 is 2.79 bits per heavy atom. The molecule has 8 heteroatoms. The fourth-order valence-corrected chi connectivity index (χ4v) is 5.57. The van der Waals surface area contributed by atoms with Crippen LogP contribution in [0.25, 0.3) is 0 Å². The van der Waals surface area contributed by atoms with Crippen LogP contribution in [0.3, 0.4) is 0 Å². The van der Waals surface area contributed by atoms with Gasteiger partial charge in [0, 0.05) is 49.0 Å². The molecule has 5 rings (SSSR count). The quantitative estimate of drug-likeness (QED) is 0.539. The predicted octanol–water partition coefficient (Wildman–Crippen LogP) is 4.16. The molecule has 2 aromatic rings. The number of halogens is 1. The van der Waals surface area contributed by atoms with E-state index in [-0.39, 0.29) is 24.8 Å². The largest absolute Gasteiger partial charge is 0.454 e. The lowest BCUT2D eigenvalue weighted by atomic mass is 10.0. The first-order valence-corrected chi connectivity index (χ1v) is 12.8. The second-order valence-electron chi connectivity index (χ2n) is 9.40. The van der Waals surface area contributed by atoms with Crippen LogP contribution in [0.5, 0.6) is 11.5 Å². The minimum absolute atomic E-state index is 0.207. The van der Waals surface area contributed by atoms with Gasteiger partial charge in [0.1, 0.15) is 0 Å². The van der Waals surface area contributed by atoms with Crippen LogP contribution in [0.2, 0.25) is 5.02 Å². The van der Waals surface area contributed by atoms with Crippen LogP contribution in [0.4, 0.5) is 0 Å². The van der Waals surface area contributed by atoms with Gasteiger partial charge in [-0.25, -0.2) is 0 Å². The van der Waals surface area contributed by atoms with E-state index in [9.17, 15) is 4.79 Å². The molecule has 2 saturated heterocycles. The first kappa shape index (κ1) is 23.4. The van der Waals surface area contributed by atoms with Crippen LogP contribution in [-0.2, 0) is 11.3 Å². The van der Waals surface area contributed by atoms with Crippen LogP contribution < -0.4 is 14.8 Å². The van der Waals surface area contributed by atoms with Crippen molar-refractivity contribution in [3.8, 4) is 11.5 Å². The average molecular weight is 485 g/mol. The van der Waals surface area contributed by atoms with E-state index in [1.165, 1.54) is 24.8 Å². The molecule has 0 saturated carbocycles. The van der Waals surface area contributed by atoms with Crippen LogP contribution >= 0.6 is 11.6 Å². The molecular weight excluding hydrogens is 452 g/mol. The van der Waals surface area contributed by atoms with Gasteiger partial charge in [-0.05, 0) is 68.6 Å². The van der Waals surface area contributed by atoms with E-state index in [4.69, 9.17) is 21.1 Å². The fraction of sp³-hybridized carbons (Fsp3) is 0.538. The maximum absolute atomic E-state index is 12.9. The lowest BCUT2D eigenvalue weighted by molar-refractivity contribution is -0.130. The van der Waals surface area contributed by atoms with E-state index in [1.54, 1.807) is 0 Å². The number of hydrogen-bond acceptors (Lipinski definition) is 6. The lowest BCUT2D eigenvalue weighted by Gasteiger charge is -2.38. The summed E-state index contributed by atoms with van der Waals surface area (Å²) in [7, 11) is 0. The normalized spacial score (nSPS) is 21.3. The van der Waals surface area contributed by atoms with E-state index >= 15 is 0 Å². The molecule has 2 unspecified atom stereocenters. The third-order valence-electron chi connectivity index (χ3n) is 7.23. The topological polar surface area (TPSA) is 66.9 Å². The second-order valence-corrected chi connectivity index (χ2v) is 9.81. The molecule has 0 spiro atoms. The number of nitrogens with zero attached hydrogens (tertiary/aromatic N) is 3. The molecule has 0 aliphatic carbocycles. The minimum Gasteiger partial charge on any atom is -0.454 e. The van der Waals surface area contributed by atoms with E-state index < -0.39 is 0 Å². The third kappa shape index (κ3) is 5.32. The van der Waals surface area contributed by atoms with E-state index in [0.29, 0.717) is 23.7 Å². The maximum atomic E-state index is 12.9. The summed E-state index contributed by atoms with van der Waals surface area (Å²) < 4.78 is 10.9. The second kappa shape index (κ2) is 10.9.